The van der Waals surface area contributed by atoms with Gasteiger partial charge in [0.15, 0.2) is 0 Å². The minimum absolute atomic E-state index is 0.983. The SMILES string of the molecule is CCCC1CCCN(Cc2ccc(I)cc2)CC1. The predicted molar refractivity (Wildman–Crippen MR) is 86.7 cm³/mol. The topological polar surface area (TPSA) is 3.24 Å². The van der Waals surface area contributed by atoms with Crippen molar-refractivity contribution in [3.63, 3.8) is 0 Å². The highest BCUT2D eigenvalue weighted by Crippen LogP contribution is 2.22. The van der Waals surface area contributed by atoms with Gasteiger partial charge < -0.3 is 0 Å². The van der Waals surface area contributed by atoms with Crippen LogP contribution in [0.15, 0.2) is 24.3 Å². The molecule has 1 atom stereocenters. The van der Waals surface area contributed by atoms with E-state index in [2.05, 4.69) is 58.7 Å². The first-order valence-corrected chi connectivity index (χ1v) is 8.32. The van der Waals surface area contributed by atoms with E-state index in [-0.39, 0.29) is 0 Å². The van der Waals surface area contributed by atoms with Crippen molar-refractivity contribution >= 4 is 22.6 Å². The molecular formula is C16H24IN. The Morgan fingerprint density at radius 1 is 1.17 bits per heavy atom. The summed E-state index contributed by atoms with van der Waals surface area (Å²) < 4.78 is 1.33. The summed E-state index contributed by atoms with van der Waals surface area (Å²) in [5, 5.41) is 0. The van der Waals surface area contributed by atoms with Crippen molar-refractivity contribution in [2.75, 3.05) is 13.1 Å². The number of halogens is 1. The van der Waals surface area contributed by atoms with Crippen LogP contribution in [0, 0.1) is 9.49 Å². The van der Waals surface area contributed by atoms with Crippen LogP contribution < -0.4 is 0 Å². The van der Waals surface area contributed by atoms with Gasteiger partial charge in [0, 0.05) is 10.1 Å². The molecule has 1 saturated heterocycles. The fraction of sp³-hybridized carbons (Fsp3) is 0.625. The van der Waals surface area contributed by atoms with Crippen LogP contribution in [-0.4, -0.2) is 18.0 Å². The molecular weight excluding hydrogens is 333 g/mol. The van der Waals surface area contributed by atoms with Crippen molar-refractivity contribution in [2.45, 2.75) is 45.6 Å². The molecule has 100 valence electrons. The summed E-state index contributed by atoms with van der Waals surface area (Å²) in [5.74, 6) is 0.983. The summed E-state index contributed by atoms with van der Waals surface area (Å²) >= 11 is 2.37. The Morgan fingerprint density at radius 2 is 1.94 bits per heavy atom. The van der Waals surface area contributed by atoms with Gasteiger partial charge in [-0.1, -0.05) is 31.9 Å². The van der Waals surface area contributed by atoms with Crippen molar-refractivity contribution in [1.29, 1.82) is 0 Å². The molecule has 18 heavy (non-hydrogen) atoms. The lowest BCUT2D eigenvalue weighted by Crippen LogP contribution is -2.24. The van der Waals surface area contributed by atoms with E-state index in [0.717, 1.165) is 12.5 Å². The van der Waals surface area contributed by atoms with Gasteiger partial charge in [-0.25, -0.2) is 0 Å². The highest BCUT2D eigenvalue weighted by molar-refractivity contribution is 14.1. The maximum atomic E-state index is 2.64. The molecule has 1 aliphatic heterocycles. The Labute approximate surface area is 125 Å². The summed E-state index contributed by atoms with van der Waals surface area (Å²) in [5.41, 5.74) is 1.46. The van der Waals surface area contributed by atoms with Crippen LogP contribution in [-0.2, 0) is 6.54 Å². The van der Waals surface area contributed by atoms with E-state index in [9.17, 15) is 0 Å². The maximum Gasteiger partial charge on any atom is 0.0233 e. The average Bonchev–Trinajstić information content (AvgIpc) is 2.59. The molecule has 1 unspecified atom stereocenters. The minimum Gasteiger partial charge on any atom is -0.299 e. The zero-order chi connectivity index (χ0) is 12.8. The second-order valence-corrected chi connectivity index (χ2v) is 6.73. The third-order valence-corrected chi connectivity index (χ3v) is 4.68. The zero-order valence-electron chi connectivity index (χ0n) is 11.4. The minimum atomic E-state index is 0.983. The molecule has 0 aromatic heterocycles. The Morgan fingerprint density at radius 3 is 2.67 bits per heavy atom. The van der Waals surface area contributed by atoms with Gasteiger partial charge in [-0.3, -0.25) is 4.90 Å². The Kier molecular flexibility index (Phi) is 5.96. The van der Waals surface area contributed by atoms with E-state index in [1.807, 2.05) is 0 Å². The molecule has 0 saturated carbocycles. The fourth-order valence-corrected chi connectivity index (χ4v) is 3.29. The Balaban J connectivity index is 1.84. The number of benzene rings is 1. The summed E-state index contributed by atoms with van der Waals surface area (Å²) in [6, 6.07) is 8.98. The normalized spacial score (nSPS) is 21.8. The summed E-state index contributed by atoms with van der Waals surface area (Å²) in [6.45, 7) is 6.02. The van der Waals surface area contributed by atoms with Crippen molar-refractivity contribution in [2.24, 2.45) is 5.92 Å². The second-order valence-electron chi connectivity index (χ2n) is 5.49. The van der Waals surface area contributed by atoms with Gasteiger partial charge in [0.2, 0.25) is 0 Å². The average molecular weight is 357 g/mol. The highest BCUT2D eigenvalue weighted by Gasteiger charge is 2.16. The van der Waals surface area contributed by atoms with E-state index in [0.29, 0.717) is 0 Å². The number of hydrogen-bond donors (Lipinski definition) is 0. The van der Waals surface area contributed by atoms with Gasteiger partial charge in [0.05, 0.1) is 0 Å². The van der Waals surface area contributed by atoms with Crippen LogP contribution in [0.4, 0.5) is 0 Å². The van der Waals surface area contributed by atoms with Gasteiger partial charge in [0.25, 0.3) is 0 Å². The molecule has 1 heterocycles. The molecule has 1 aromatic rings. The van der Waals surface area contributed by atoms with Crippen molar-refractivity contribution in [3.8, 4) is 0 Å². The molecule has 0 N–H and O–H groups in total. The number of hydrogen-bond acceptors (Lipinski definition) is 1. The number of nitrogens with zero attached hydrogens (tertiary/aromatic N) is 1. The summed E-state index contributed by atoms with van der Waals surface area (Å²) in [4.78, 5) is 2.64. The lowest BCUT2D eigenvalue weighted by atomic mass is 9.96. The zero-order valence-corrected chi connectivity index (χ0v) is 13.5. The molecule has 2 heteroatoms. The first kappa shape index (κ1) is 14.3. The second kappa shape index (κ2) is 7.49. The third-order valence-electron chi connectivity index (χ3n) is 3.96. The van der Waals surface area contributed by atoms with Crippen LogP contribution in [0.5, 0.6) is 0 Å². The van der Waals surface area contributed by atoms with Gasteiger partial charge in [0.1, 0.15) is 0 Å². The van der Waals surface area contributed by atoms with Gasteiger partial charge in [-0.05, 0) is 78.6 Å². The molecule has 0 amide bonds. The van der Waals surface area contributed by atoms with Crippen LogP contribution in [0.25, 0.3) is 0 Å². The molecule has 0 radical (unpaired) electrons. The smallest absolute Gasteiger partial charge is 0.0233 e. The largest absolute Gasteiger partial charge is 0.299 e. The molecule has 1 nitrogen and oxygen atoms in total. The first-order chi connectivity index (χ1) is 8.78. The molecule has 1 aromatic carbocycles. The predicted octanol–water partition coefficient (Wildman–Crippen LogP) is 4.69. The van der Waals surface area contributed by atoms with E-state index < -0.39 is 0 Å². The van der Waals surface area contributed by atoms with Crippen LogP contribution in [0.1, 0.15) is 44.6 Å². The van der Waals surface area contributed by atoms with E-state index >= 15 is 0 Å². The monoisotopic (exact) mass is 357 g/mol. The Bertz CT molecular complexity index is 347. The van der Waals surface area contributed by atoms with E-state index in [4.69, 9.17) is 0 Å². The fourth-order valence-electron chi connectivity index (χ4n) is 2.93. The van der Waals surface area contributed by atoms with Crippen LogP contribution >= 0.6 is 22.6 Å². The van der Waals surface area contributed by atoms with Gasteiger partial charge in [-0.15, -0.1) is 0 Å². The molecule has 1 aliphatic rings. The van der Waals surface area contributed by atoms with Crippen molar-refractivity contribution in [3.05, 3.63) is 33.4 Å². The van der Waals surface area contributed by atoms with E-state index in [1.54, 1.807) is 0 Å². The molecule has 1 fully saturated rings. The van der Waals surface area contributed by atoms with Crippen molar-refractivity contribution < 1.29 is 0 Å². The van der Waals surface area contributed by atoms with Crippen LogP contribution in [0.3, 0.4) is 0 Å². The third kappa shape index (κ3) is 4.54. The molecule has 0 bridgehead atoms. The lowest BCUT2D eigenvalue weighted by molar-refractivity contribution is 0.271. The standard InChI is InChI=1S/C16H24IN/c1-2-4-14-5-3-11-18(12-10-14)13-15-6-8-16(17)9-7-15/h6-9,14H,2-5,10-13H2,1H3. The van der Waals surface area contributed by atoms with E-state index in [1.165, 1.54) is 54.3 Å². The number of likely N-dealkylation sites (tertiary alicyclic amines) is 1. The summed E-state index contributed by atoms with van der Waals surface area (Å²) in [6.07, 6.45) is 7.00. The molecule has 0 aliphatic carbocycles. The van der Waals surface area contributed by atoms with Gasteiger partial charge in [-0.2, -0.15) is 0 Å². The highest BCUT2D eigenvalue weighted by atomic mass is 127. The number of rotatable bonds is 4. The van der Waals surface area contributed by atoms with Crippen LogP contribution in [0.2, 0.25) is 0 Å². The van der Waals surface area contributed by atoms with Gasteiger partial charge >= 0.3 is 0 Å². The lowest BCUT2D eigenvalue weighted by Gasteiger charge is -2.20. The van der Waals surface area contributed by atoms with Crippen molar-refractivity contribution in [1.82, 2.24) is 4.90 Å². The molecule has 2 rings (SSSR count). The maximum absolute atomic E-state index is 2.64. The molecule has 0 spiro atoms. The summed E-state index contributed by atoms with van der Waals surface area (Å²) in [7, 11) is 0. The Hall–Kier alpha value is -0.0900. The quantitative estimate of drug-likeness (QED) is 0.707. The first-order valence-electron chi connectivity index (χ1n) is 7.24.